The first-order valence-corrected chi connectivity index (χ1v) is 10.1. The smallest absolute Gasteiger partial charge is 0.585 e. The molecule has 8 heteroatoms. The minimum atomic E-state index is -4.28. The maximum atomic E-state index is 13.4. The predicted molar refractivity (Wildman–Crippen MR) is 92.9 cm³/mol. The molecule has 6 unspecified atom stereocenters. The normalized spacial score (nSPS) is 52.7. The number of carbonyl (C=O) groups excluding carboxylic acids is 1. The molecule has 4 aliphatic carbocycles. The van der Waals surface area contributed by atoms with E-state index in [2.05, 4.69) is 27.4 Å². The van der Waals surface area contributed by atoms with Gasteiger partial charge in [0.2, 0.25) is 0 Å². The fourth-order valence-corrected chi connectivity index (χ4v) is 7.53. The third kappa shape index (κ3) is 2.03. The Morgan fingerprint density at radius 1 is 1.19 bits per heavy atom. The molecule has 0 aromatic carbocycles. The highest BCUT2D eigenvalue weighted by molar-refractivity contribution is 6.66. The van der Waals surface area contributed by atoms with Gasteiger partial charge in [-0.1, -0.05) is 33.8 Å². The van der Waals surface area contributed by atoms with E-state index in [0.29, 0.717) is 30.1 Å². The third-order valence-corrected chi connectivity index (χ3v) is 9.02. The van der Waals surface area contributed by atoms with Crippen LogP contribution in [-0.2, 0) is 14.1 Å². The molecule has 8 atom stereocenters. The average Bonchev–Trinajstić information content (AvgIpc) is 3.23. The van der Waals surface area contributed by atoms with Crippen LogP contribution in [0.25, 0.3) is 0 Å². The lowest BCUT2D eigenvalue weighted by atomic mass is 9.43. The van der Waals surface area contributed by atoms with Crippen molar-refractivity contribution in [1.82, 2.24) is 0 Å². The minimum Gasteiger partial charge on any atom is -0.630 e. The van der Waals surface area contributed by atoms with E-state index in [4.69, 9.17) is 9.31 Å². The van der Waals surface area contributed by atoms with Crippen LogP contribution < -0.4 is 0 Å². The van der Waals surface area contributed by atoms with Gasteiger partial charge in [-0.05, 0) is 35.9 Å². The van der Waals surface area contributed by atoms with Crippen molar-refractivity contribution < 1.29 is 31.7 Å². The first-order valence-electron chi connectivity index (χ1n) is 10.1. The van der Waals surface area contributed by atoms with E-state index < -0.39 is 30.6 Å². The Hall–Kier alpha value is -1.18. The second kappa shape index (κ2) is 4.86. The van der Waals surface area contributed by atoms with Gasteiger partial charge in [-0.25, -0.2) is 0 Å². The first-order chi connectivity index (χ1) is 12.4. The second-order valence-electron chi connectivity index (χ2n) is 10.4. The van der Waals surface area contributed by atoms with Crippen molar-refractivity contribution in [3.05, 3.63) is 12.3 Å². The molecule has 150 valence electrons. The summed E-state index contributed by atoms with van der Waals surface area (Å²) in [4.78, 5) is 12.4. The Morgan fingerprint density at radius 3 is 2.44 bits per heavy atom. The minimum absolute atomic E-state index is 0.0104. The van der Waals surface area contributed by atoms with Crippen LogP contribution in [-0.4, -0.2) is 42.4 Å². The van der Waals surface area contributed by atoms with Crippen molar-refractivity contribution in [2.24, 2.45) is 29.1 Å². The van der Waals surface area contributed by atoms with Crippen molar-refractivity contribution >= 4 is 12.7 Å². The highest BCUT2D eigenvalue weighted by atomic mass is 19.4. The molecule has 0 amide bonds. The van der Waals surface area contributed by atoms with Gasteiger partial charge < -0.3 is 13.7 Å². The summed E-state index contributed by atoms with van der Waals surface area (Å²) in [5, 5.41) is 0. The van der Waals surface area contributed by atoms with Gasteiger partial charge in [-0.15, -0.1) is 0 Å². The fourth-order valence-electron chi connectivity index (χ4n) is 7.53. The number of rotatable bonds is 2. The zero-order valence-electron chi connectivity index (χ0n) is 16.1. The molecule has 4 saturated carbocycles. The molecule has 6 rings (SSSR count). The zero-order valence-corrected chi connectivity index (χ0v) is 16.1. The summed E-state index contributed by atoms with van der Waals surface area (Å²) in [6, 6.07) is 0.0990. The average molecular weight is 385 g/mol. The van der Waals surface area contributed by atoms with Gasteiger partial charge in [0.1, 0.15) is 6.54 Å². The summed E-state index contributed by atoms with van der Waals surface area (Å²) in [6.07, 6.45) is -2.19. The molecule has 27 heavy (non-hydrogen) atoms. The van der Waals surface area contributed by atoms with Crippen LogP contribution in [0.5, 0.6) is 0 Å². The predicted octanol–water partition coefficient (Wildman–Crippen LogP) is 3.87. The van der Waals surface area contributed by atoms with Gasteiger partial charge in [0.25, 0.3) is 0 Å². The van der Waals surface area contributed by atoms with Crippen LogP contribution in [0.2, 0.25) is 5.82 Å². The number of fused-ring (bicyclic) bond motifs is 4. The first kappa shape index (κ1) is 17.9. The molecule has 0 spiro atoms. The topological polar surface area (TPSA) is 35.5 Å². The van der Waals surface area contributed by atoms with E-state index in [1.807, 2.05) is 0 Å². The van der Waals surface area contributed by atoms with Gasteiger partial charge in [0.15, 0.2) is 0 Å². The van der Waals surface area contributed by atoms with E-state index in [9.17, 15) is 18.0 Å². The molecule has 6 fully saturated rings. The van der Waals surface area contributed by atoms with Gasteiger partial charge in [-0.2, -0.15) is 13.2 Å². The van der Waals surface area contributed by atoms with Crippen molar-refractivity contribution in [3.8, 4) is 0 Å². The number of carbonyl (C=O) groups is 1. The lowest BCUT2D eigenvalue weighted by Gasteiger charge is -2.66. The van der Waals surface area contributed by atoms with E-state index in [-0.39, 0.29) is 28.8 Å². The van der Waals surface area contributed by atoms with Gasteiger partial charge in [-0.3, -0.25) is 4.79 Å². The van der Waals surface area contributed by atoms with Crippen LogP contribution in [0.3, 0.4) is 0 Å². The highest BCUT2D eigenvalue weighted by Crippen LogP contribution is 2.69. The van der Waals surface area contributed by atoms with Crippen LogP contribution in [0, 0.1) is 29.1 Å². The monoisotopic (exact) mass is 385 g/mol. The number of alkyl halides is 3. The standard InChI is InChI=1S/C19H27BF3NO3/c1-10-8-24(16-6-12-5-13(11(16)2)18(12,3)4)9-17(25)27-20(24,26-10)15-7-14(15)19(21,22)23/h11-16H,1,5-9H2,2-4H3/t11-,12?,13?,14?,15?,16-,20?,24?/m0/s1. The van der Waals surface area contributed by atoms with E-state index in [0.717, 1.165) is 6.42 Å². The maximum absolute atomic E-state index is 13.4. The summed E-state index contributed by atoms with van der Waals surface area (Å²) in [5.74, 6) is -0.748. The van der Waals surface area contributed by atoms with Crippen LogP contribution in [0.15, 0.2) is 12.3 Å². The molecule has 0 N–H and O–H groups in total. The number of quaternary nitrogens is 1. The van der Waals surface area contributed by atoms with Crippen LogP contribution >= 0.6 is 0 Å². The summed E-state index contributed by atoms with van der Waals surface area (Å²) in [7, 11) is 0. The molecule has 2 heterocycles. The van der Waals surface area contributed by atoms with Crippen molar-refractivity contribution in [1.29, 1.82) is 0 Å². The number of hydrogen-bond acceptors (Lipinski definition) is 3. The quantitative estimate of drug-likeness (QED) is 0.678. The lowest BCUT2D eigenvalue weighted by Crippen LogP contribution is -2.73. The van der Waals surface area contributed by atoms with Crippen LogP contribution in [0.4, 0.5) is 13.2 Å². The number of nitrogens with zero attached hydrogens (tertiary/aromatic N) is 1. The molecule has 6 aliphatic rings. The molecule has 2 saturated heterocycles. The Balaban J connectivity index is 1.55. The SMILES string of the molecule is C=C1C[N+]2([C@H]3CC4CC([C@@H]3C)C4(C)C)CC(=O)O[B-]2(C2CC2C(F)(F)F)O1. The summed E-state index contributed by atoms with van der Waals surface area (Å²) >= 11 is 0. The number of hydrogen-bond donors (Lipinski definition) is 0. The summed E-state index contributed by atoms with van der Waals surface area (Å²) in [5.41, 5.74) is 0.264. The summed E-state index contributed by atoms with van der Waals surface area (Å²) < 4.78 is 52.1. The van der Waals surface area contributed by atoms with Gasteiger partial charge in [0.05, 0.1) is 18.3 Å². The molecule has 2 aliphatic heterocycles. The lowest BCUT2D eigenvalue weighted by molar-refractivity contribution is -0.854. The Kier molecular flexibility index (Phi) is 3.22. The van der Waals surface area contributed by atoms with Crippen molar-refractivity contribution in [2.45, 2.75) is 58.1 Å². The van der Waals surface area contributed by atoms with Gasteiger partial charge >= 0.3 is 18.8 Å². The second-order valence-corrected chi connectivity index (χ2v) is 10.4. The largest absolute Gasteiger partial charge is 0.630 e. The van der Waals surface area contributed by atoms with Crippen molar-refractivity contribution in [2.75, 3.05) is 13.1 Å². The maximum Gasteiger partial charge on any atom is 0.585 e. The van der Waals surface area contributed by atoms with E-state index >= 15 is 0 Å². The molecule has 2 bridgehead atoms. The molecule has 0 aromatic rings. The third-order valence-electron chi connectivity index (χ3n) is 9.02. The van der Waals surface area contributed by atoms with E-state index in [1.54, 1.807) is 0 Å². The number of halogens is 3. The Morgan fingerprint density at radius 2 is 1.89 bits per heavy atom. The molecular weight excluding hydrogens is 358 g/mol. The summed E-state index contributed by atoms with van der Waals surface area (Å²) in [6.45, 7) is 8.87. The van der Waals surface area contributed by atoms with Crippen LogP contribution in [0.1, 0.15) is 40.0 Å². The Bertz CT molecular complexity index is 716. The fraction of sp³-hybridized carbons (Fsp3) is 0.842. The Labute approximate surface area is 157 Å². The molecule has 4 nitrogen and oxygen atoms in total. The van der Waals surface area contributed by atoms with Crippen molar-refractivity contribution in [3.63, 3.8) is 0 Å². The molecule has 0 radical (unpaired) electrons. The zero-order chi connectivity index (χ0) is 19.6. The molecule has 0 aromatic heterocycles. The molecular formula is C19H27BF3NO3. The highest BCUT2D eigenvalue weighted by Gasteiger charge is 2.80. The van der Waals surface area contributed by atoms with E-state index in [1.165, 1.54) is 6.42 Å². The van der Waals surface area contributed by atoms with Gasteiger partial charge in [0, 0.05) is 11.8 Å².